The van der Waals surface area contributed by atoms with E-state index in [9.17, 15) is 18.0 Å². The van der Waals surface area contributed by atoms with Crippen LogP contribution < -0.4 is 15.0 Å². The largest absolute Gasteiger partial charge is 0.573 e. The first kappa shape index (κ1) is 21.4. The Morgan fingerprint density at radius 2 is 2.10 bits per heavy atom. The summed E-state index contributed by atoms with van der Waals surface area (Å²) in [5.74, 6) is -0.730. The van der Waals surface area contributed by atoms with Crippen LogP contribution in [0.2, 0.25) is 0 Å². The molecule has 1 fully saturated rings. The van der Waals surface area contributed by atoms with E-state index in [0.29, 0.717) is 6.54 Å². The van der Waals surface area contributed by atoms with Crippen molar-refractivity contribution < 1.29 is 22.7 Å². The number of thiazole rings is 1. The summed E-state index contributed by atoms with van der Waals surface area (Å²) in [4.78, 5) is 19.6. The van der Waals surface area contributed by atoms with Gasteiger partial charge in [0.05, 0.1) is 16.1 Å². The molecule has 5 nitrogen and oxygen atoms in total. The van der Waals surface area contributed by atoms with Crippen LogP contribution in [0, 0.1) is 12.8 Å². The Hall–Kier alpha value is -2.81. The fourth-order valence-corrected chi connectivity index (χ4v) is 4.82. The van der Waals surface area contributed by atoms with Crippen LogP contribution in [0.3, 0.4) is 0 Å². The lowest BCUT2D eigenvalue weighted by molar-refractivity contribution is -0.274. The lowest BCUT2D eigenvalue weighted by Gasteiger charge is -2.31. The van der Waals surface area contributed by atoms with Gasteiger partial charge in [0, 0.05) is 25.2 Å². The summed E-state index contributed by atoms with van der Waals surface area (Å²) in [6.45, 7) is 3.37. The molecule has 1 unspecified atom stereocenters. The fraction of sp³-hybridized carbons (Fsp3) is 0.364. The van der Waals surface area contributed by atoms with Gasteiger partial charge in [-0.1, -0.05) is 35.6 Å². The molecule has 1 N–H and O–H groups in total. The molecule has 1 saturated heterocycles. The van der Waals surface area contributed by atoms with E-state index in [1.54, 1.807) is 17.4 Å². The topological polar surface area (TPSA) is 54.5 Å². The number of alkyl halides is 3. The molecule has 9 heteroatoms. The van der Waals surface area contributed by atoms with Crippen molar-refractivity contribution in [1.82, 2.24) is 10.3 Å². The number of aromatic nitrogens is 1. The fourth-order valence-electron chi connectivity index (χ4n) is 3.72. The van der Waals surface area contributed by atoms with E-state index in [4.69, 9.17) is 4.98 Å². The smallest absolute Gasteiger partial charge is 0.405 e. The zero-order valence-corrected chi connectivity index (χ0v) is 17.7. The summed E-state index contributed by atoms with van der Waals surface area (Å²) in [5.41, 5.74) is 2.40. The lowest BCUT2D eigenvalue weighted by Crippen LogP contribution is -2.43. The summed E-state index contributed by atoms with van der Waals surface area (Å²) in [7, 11) is 0. The highest BCUT2D eigenvalue weighted by atomic mass is 32.1. The number of halogens is 3. The number of nitrogens with one attached hydrogen (secondary N) is 1. The number of hydrogen-bond donors (Lipinski definition) is 1. The van der Waals surface area contributed by atoms with Crippen molar-refractivity contribution >= 4 is 32.6 Å². The number of rotatable bonds is 5. The number of ether oxygens (including phenoxy) is 1. The molecule has 4 rings (SSSR count). The Balaban J connectivity index is 1.40. The van der Waals surface area contributed by atoms with E-state index in [2.05, 4.69) is 21.0 Å². The Labute approximate surface area is 181 Å². The van der Waals surface area contributed by atoms with Crippen molar-refractivity contribution in [2.24, 2.45) is 5.92 Å². The minimum absolute atomic E-state index is 0.0258. The molecule has 0 aliphatic carbocycles. The van der Waals surface area contributed by atoms with Crippen molar-refractivity contribution in [1.29, 1.82) is 0 Å². The molecular weight excluding hydrogens is 427 g/mol. The van der Waals surface area contributed by atoms with Gasteiger partial charge in [0.25, 0.3) is 0 Å². The Morgan fingerprint density at radius 1 is 1.29 bits per heavy atom. The van der Waals surface area contributed by atoms with Crippen molar-refractivity contribution in [3.8, 4) is 5.75 Å². The zero-order chi connectivity index (χ0) is 22.0. The molecule has 1 amide bonds. The van der Waals surface area contributed by atoms with Crippen molar-refractivity contribution in [3.63, 3.8) is 0 Å². The van der Waals surface area contributed by atoms with Gasteiger partial charge in [-0.3, -0.25) is 4.79 Å². The van der Waals surface area contributed by atoms with Gasteiger partial charge in [0.15, 0.2) is 5.13 Å². The number of anilines is 1. The molecule has 1 aromatic heterocycles. The third-order valence-corrected chi connectivity index (χ3v) is 6.33. The number of carbonyl (C=O) groups excluding carboxylic acids is 1. The SMILES string of the molecule is Cc1ccc2nc(N3CCCC(C(=O)NCc4ccccc4OC(F)(F)F)C3)sc2c1. The summed E-state index contributed by atoms with van der Waals surface area (Å²) >= 11 is 1.61. The number of amides is 1. The van der Waals surface area contributed by atoms with Crippen LogP contribution in [-0.4, -0.2) is 30.3 Å². The molecule has 3 aromatic rings. The van der Waals surface area contributed by atoms with Crippen LogP contribution in [-0.2, 0) is 11.3 Å². The van der Waals surface area contributed by atoms with Gasteiger partial charge < -0.3 is 15.0 Å². The molecule has 2 aromatic carbocycles. The summed E-state index contributed by atoms with van der Waals surface area (Å²) < 4.78 is 43.0. The first-order valence-electron chi connectivity index (χ1n) is 10.0. The molecule has 31 heavy (non-hydrogen) atoms. The van der Waals surface area contributed by atoms with Crippen molar-refractivity contribution in [3.05, 3.63) is 53.6 Å². The van der Waals surface area contributed by atoms with Gasteiger partial charge in [0.2, 0.25) is 5.91 Å². The molecule has 0 radical (unpaired) electrons. The Morgan fingerprint density at radius 3 is 2.90 bits per heavy atom. The monoisotopic (exact) mass is 449 g/mol. The van der Waals surface area contributed by atoms with E-state index in [0.717, 1.165) is 34.7 Å². The number of carbonyl (C=O) groups is 1. The molecule has 0 saturated carbocycles. The van der Waals surface area contributed by atoms with E-state index in [1.165, 1.54) is 23.8 Å². The second kappa shape index (κ2) is 8.74. The minimum Gasteiger partial charge on any atom is -0.405 e. The van der Waals surface area contributed by atoms with E-state index in [1.807, 2.05) is 19.1 Å². The van der Waals surface area contributed by atoms with Crippen LogP contribution >= 0.6 is 11.3 Å². The predicted molar refractivity (Wildman–Crippen MR) is 114 cm³/mol. The number of hydrogen-bond acceptors (Lipinski definition) is 5. The molecular formula is C22H22F3N3O2S. The van der Waals surface area contributed by atoms with Crippen molar-refractivity contribution in [2.45, 2.75) is 32.7 Å². The molecule has 1 aliphatic rings. The number of aryl methyl sites for hydroxylation is 1. The van der Waals surface area contributed by atoms with Gasteiger partial charge in [-0.05, 0) is 43.5 Å². The van der Waals surface area contributed by atoms with Crippen LogP contribution in [0.1, 0.15) is 24.0 Å². The minimum atomic E-state index is -4.78. The highest BCUT2D eigenvalue weighted by molar-refractivity contribution is 7.22. The number of nitrogens with zero attached hydrogens (tertiary/aromatic N) is 2. The van der Waals surface area contributed by atoms with Crippen LogP contribution in [0.5, 0.6) is 5.75 Å². The van der Waals surface area contributed by atoms with Crippen LogP contribution in [0.25, 0.3) is 10.2 Å². The highest BCUT2D eigenvalue weighted by Gasteiger charge is 2.32. The van der Waals surface area contributed by atoms with E-state index < -0.39 is 6.36 Å². The first-order valence-corrected chi connectivity index (χ1v) is 10.8. The molecule has 1 atom stereocenters. The van der Waals surface area contributed by atoms with E-state index >= 15 is 0 Å². The molecule has 2 heterocycles. The molecule has 164 valence electrons. The molecule has 0 bridgehead atoms. The number of piperidine rings is 1. The first-order chi connectivity index (χ1) is 14.8. The quantitative estimate of drug-likeness (QED) is 0.593. The summed E-state index contributed by atoms with van der Waals surface area (Å²) in [6, 6.07) is 12.0. The van der Waals surface area contributed by atoms with Gasteiger partial charge in [-0.2, -0.15) is 0 Å². The van der Waals surface area contributed by atoms with Gasteiger partial charge >= 0.3 is 6.36 Å². The predicted octanol–water partition coefficient (Wildman–Crippen LogP) is 5.04. The third kappa shape index (κ3) is 5.28. The Bertz CT molecular complexity index is 1080. The standard InChI is InChI=1S/C22H22F3N3O2S/c1-14-8-9-17-19(11-14)31-21(27-17)28-10-4-6-16(13-28)20(29)26-12-15-5-2-3-7-18(15)30-22(23,24)25/h2-3,5,7-9,11,16H,4,6,10,12-13H2,1H3,(H,26,29). The maximum absolute atomic E-state index is 12.7. The zero-order valence-electron chi connectivity index (χ0n) is 16.9. The second-order valence-electron chi connectivity index (χ2n) is 7.63. The van der Waals surface area contributed by atoms with Gasteiger partial charge in [0.1, 0.15) is 5.75 Å². The Kier molecular flexibility index (Phi) is 6.04. The highest BCUT2D eigenvalue weighted by Crippen LogP contribution is 2.32. The molecule has 1 aliphatic heterocycles. The third-order valence-electron chi connectivity index (χ3n) is 5.25. The van der Waals surface area contributed by atoms with Crippen LogP contribution in [0.4, 0.5) is 18.3 Å². The number of para-hydroxylation sites is 1. The van der Waals surface area contributed by atoms with E-state index in [-0.39, 0.29) is 29.7 Å². The maximum Gasteiger partial charge on any atom is 0.573 e. The summed E-state index contributed by atoms with van der Waals surface area (Å²) in [5, 5.41) is 3.66. The van der Waals surface area contributed by atoms with Gasteiger partial charge in [-0.15, -0.1) is 13.2 Å². The number of fused-ring (bicyclic) bond motifs is 1. The van der Waals surface area contributed by atoms with Gasteiger partial charge in [-0.25, -0.2) is 4.98 Å². The normalized spacial score (nSPS) is 17.0. The number of benzene rings is 2. The summed E-state index contributed by atoms with van der Waals surface area (Å²) in [6.07, 6.45) is -3.20. The lowest BCUT2D eigenvalue weighted by atomic mass is 9.97. The average molecular weight is 449 g/mol. The maximum atomic E-state index is 12.7. The van der Waals surface area contributed by atoms with Crippen LogP contribution in [0.15, 0.2) is 42.5 Å². The second-order valence-corrected chi connectivity index (χ2v) is 8.64. The van der Waals surface area contributed by atoms with Crippen molar-refractivity contribution in [2.75, 3.05) is 18.0 Å². The molecule has 0 spiro atoms. The average Bonchev–Trinajstić information content (AvgIpc) is 3.15.